The van der Waals surface area contributed by atoms with E-state index in [-0.39, 0.29) is 28.1 Å². The van der Waals surface area contributed by atoms with Crippen LogP contribution < -0.4 is 5.56 Å². The lowest BCUT2D eigenvalue weighted by atomic mass is 9.89. The second-order valence-electron chi connectivity index (χ2n) is 6.95. The first kappa shape index (κ1) is 26.0. The van der Waals surface area contributed by atoms with Crippen LogP contribution in [0.3, 0.4) is 0 Å². The van der Waals surface area contributed by atoms with Crippen LogP contribution in [0.5, 0.6) is 5.75 Å². The summed E-state index contributed by atoms with van der Waals surface area (Å²) >= 11 is 0. The van der Waals surface area contributed by atoms with Crippen LogP contribution in [0.15, 0.2) is 52.3 Å². The summed E-state index contributed by atoms with van der Waals surface area (Å²) in [6, 6.07) is 8.41. The molecule has 1 aliphatic carbocycles. The molecule has 0 atom stereocenters. The van der Waals surface area contributed by atoms with E-state index in [0.29, 0.717) is 12.3 Å². The fraction of sp³-hybridized carbons (Fsp3) is 0.391. The van der Waals surface area contributed by atoms with Gasteiger partial charge in [-0.05, 0) is 50.1 Å². The Morgan fingerprint density at radius 2 is 1.71 bits per heavy atom. The molecule has 0 spiro atoms. The molecule has 1 N–H and O–H groups in total. The monoisotopic (exact) mass is 447 g/mol. The van der Waals surface area contributed by atoms with E-state index in [9.17, 15) is 18.0 Å². The average Bonchev–Trinajstić information content (AvgIpc) is 2.76. The van der Waals surface area contributed by atoms with E-state index in [1.54, 1.807) is 0 Å². The zero-order chi connectivity index (χ0) is 23.4. The van der Waals surface area contributed by atoms with E-state index >= 15 is 0 Å². The van der Waals surface area contributed by atoms with Gasteiger partial charge in [-0.25, -0.2) is 8.42 Å². The summed E-state index contributed by atoms with van der Waals surface area (Å²) in [5.74, 6) is 0.125. The zero-order valence-electron chi connectivity index (χ0n) is 17.9. The smallest absolute Gasteiger partial charge is 0.308 e. The standard InChI is InChI=1S/C12H11NO4S.C9H16O2.C2H2/c1-18(16,17)11-4-2-9(3-5-11)13-7-6-10(14)8-12(13)15;1-2-11-9(10)8-6-4-3-5-7-8;1-2/h2-8,14H,1H3;8H,2-7H2,1H3;1-2H. The number of hydrogen-bond acceptors (Lipinski definition) is 6. The first-order valence-corrected chi connectivity index (χ1v) is 11.8. The Morgan fingerprint density at radius 3 is 2.19 bits per heavy atom. The van der Waals surface area contributed by atoms with E-state index in [1.165, 1.54) is 60.4 Å². The summed E-state index contributed by atoms with van der Waals surface area (Å²) in [6.45, 7) is 2.38. The molecule has 0 saturated heterocycles. The fourth-order valence-electron chi connectivity index (χ4n) is 3.13. The van der Waals surface area contributed by atoms with E-state index < -0.39 is 9.84 Å². The molecular weight excluding hydrogens is 418 g/mol. The number of carbonyl (C=O) groups excluding carboxylic acids is 1. The molecule has 1 aromatic carbocycles. The predicted octanol–water partition coefficient (Wildman–Crippen LogP) is 3.33. The number of rotatable bonds is 4. The van der Waals surface area contributed by atoms with Gasteiger partial charge < -0.3 is 9.84 Å². The Balaban J connectivity index is 0.000000317. The van der Waals surface area contributed by atoms with Crippen molar-refractivity contribution in [1.29, 1.82) is 0 Å². The number of hydrogen-bond donors (Lipinski definition) is 1. The number of pyridine rings is 1. The van der Waals surface area contributed by atoms with Crippen molar-refractivity contribution >= 4 is 15.8 Å². The lowest BCUT2D eigenvalue weighted by Gasteiger charge is -2.19. The van der Waals surface area contributed by atoms with Crippen LogP contribution in [-0.4, -0.2) is 36.9 Å². The zero-order valence-corrected chi connectivity index (χ0v) is 18.7. The van der Waals surface area contributed by atoms with Crippen molar-refractivity contribution in [2.75, 3.05) is 12.9 Å². The van der Waals surface area contributed by atoms with Crippen molar-refractivity contribution in [2.24, 2.45) is 5.92 Å². The first-order valence-electron chi connectivity index (χ1n) is 9.94. The van der Waals surface area contributed by atoms with Gasteiger partial charge in [0.2, 0.25) is 0 Å². The number of nitrogens with zero attached hydrogens (tertiary/aromatic N) is 1. The molecule has 0 amide bonds. The molecule has 0 radical (unpaired) electrons. The molecule has 7 nitrogen and oxygen atoms in total. The van der Waals surface area contributed by atoms with Crippen molar-refractivity contribution < 1.29 is 23.1 Å². The molecule has 1 aliphatic rings. The molecule has 2 aromatic rings. The molecular formula is C23H29NO6S. The second kappa shape index (κ2) is 12.6. The van der Waals surface area contributed by atoms with Gasteiger partial charge in [0.25, 0.3) is 5.56 Å². The summed E-state index contributed by atoms with van der Waals surface area (Å²) in [5.41, 5.74) is 0.148. The molecule has 0 bridgehead atoms. The van der Waals surface area contributed by atoms with Gasteiger partial charge >= 0.3 is 5.97 Å². The maximum atomic E-state index is 11.6. The number of ether oxygens (including phenoxy) is 1. The van der Waals surface area contributed by atoms with Crippen molar-refractivity contribution in [3.63, 3.8) is 0 Å². The van der Waals surface area contributed by atoms with Gasteiger partial charge in [0, 0.05) is 24.2 Å². The van der Waals surface area contributed by atoms with Crippen molar-refractivity contribution in [1.82, 2.24) is 4.57 Å². The maximum Gasteiger partial charge on any atom is 0.308 e. The predicted molar refractivity (Wildman–Crippen MR) is 120 cm³/mol. The minimum atomic E-state index is -3.25. The number of aromatic nitrogens is 1. The number of sulfone groups is 1. The average molecular weight is 448 g/mol. The summed E-state index contributed by atoms with van der Waals surface area (Å²) in [5, 5.41) is 9.14. The summed E-state index contributed by atoms with van der Waals surface area (Å²) in [6.07, 6.45) is 16.3. The van der Waals surface area contributed by atoms with Crippen LogP contribution >= 0.6 is 0 Å². The Hall–Kier alpha value is -3.05. The van der Waals surface area contributed by atoms with Crippen molar-refractivity contribution in [3.05, 3.63) is 52.9 Å². The van der Waals surface area contributed by atoms with Crippen LogP contribution in [0.2, 0.25) is 0 Å². The first-order chi connectivity index (χ1) is 14.7. The summed E-state index contributed by atoms with van der Waals surface area (Å²) in [4.78, 5) is 23.0. The van der Waals surface area contributed by atoms with Gasteiger partial charge in [-0.1, -0.05) is 19.3 Å². The van der Waals surface area contributed by atoms with Crippen molar-refractivity contribution in [2.45, 2.75) is 43.9 Å². The van der Waals surface area contributed by atoms with Gasteiger partial charge in [0.05, 0.1) is 17.4 Å². The highest BCUT2D eigenvalue weighted by Crippen LogP contribution is 2.24. The third-order valence-electron chi connectivity index (χ3n) is 4.67. The number of carbonyl (C=O) groups is 1. The third-order valence-corrected chi connectivity index (χ3v) is 5.80. The molecule has 1 heterocycles. The third kappa shape index (κ3) is 8.30. The Morgan fingerprint density at radius 1 is 1.13 bits per heavy atom. The van der Waals surface area contributed by atoms with Crippen LogP contribution in [0.1, 0.15) is 39.0 Å². The highest BCUT2D eigenvalue weighted by atomic mass is 32.2. The molecule has 0 unspecified atom stereocenters. The van der Waals surface area contributed by atoms with Crippen LogP contribution in [0.4, 0.5) is 0 Å². The molecule has 0 aliphatic heterocycles. The lowest BCUT2D eigenvalue weighted by molar-refractivity contribution is -0.149. The maximum absolute atomic E-state index is 11.6. The quantitative estimate of drug-likeness (QED) is 0.570. The number of aromatic hydroxyl groups is 1. The minimum Gasteiger partial charge on any atom is -0.508 e. The fourth-order valence-corrected chi connectivity index (χ4v) is 3.76. The van der Waals surface area contributed by atoms with E-state index in [2.05, 4.69) is 12.8 Å². The summed E-state index contributed by atoms with van der Waals surface area (Å²) in [7, 11) is -3.25. The van der Waals surface area contributed by atoms with Gasteiger partial charge in [0.15, 0.2) is 9.84 Å². The SMILES string of the molecule is C#C.CCOC(=O)C1CCCCC1.CS(=O)(=O)c1ccc(-n2ccc(O)cc2=O)cc1. The molecule has 1 aromatic heterocycles. The van der Waals surface area contributed by atoms with E-state index in [0.717, 1.165) is 25.2 Å². The van der Waals surface area contributed by atoms with Gasteiger partial charge in [0.1, 0.15) is 5.75 Å². The number of benzene rings is 1. The number of esters is 1. The highest BCUT2D eigenvalue weighted by Gasteiger charge is 2.21. The molecule has 1 fully saturated rings. The Labute approximate surface area is 183 Å². The Kier molecular flexibility index (Phi) is 10.6. The Bertz CT molecular complexity index is 1020. The normalized spacial score (nSPS) is 13.7. The van der Waals surface area contributed by atoms with E-state index in [4.69, 9.17) is 9.84 Å². The molecule has 3 rings (SSSR count). The van der Waals surface area contributed by atoms with E-state index in [1.807, 2.05) is 6.92 Å². The van der Waals surface area contributed by atoms with Gasteiger partial charge in [-0.2, -0.15) is 0 Å². The second-order valence-corrected chi connectivity index (χ2v) is 8.96. The van der Waals surface area contributed by atoms with Crippen LogP contribution in [-0.2, 0) is 19.4 Å². The minimum absolute atomic E-state index is 0.0206. The largest absolute Gasteiger partial charge is 0.508 e. The summed E-state index contributed by atoms with van der Waals surface area (Å²) < 4.78 is 28.8. The molecule has 168 valence electrons. The molecule has 1 saturated carbocycles. The van der Waals surface area contributed by atoms with Crippen LogP contribution in [0, 0.1) is 18.8 Å². The lowest BCUT2D eigenvalue weighted by Crippen LogP contribution is -2.20. The topological polar surface area (TPSA) is 103 Å². The van der Waals surface area contributed by atoms with Crippen molar-refractivity contribution in [3.8, 4) is 24.3 Å². The van der Waals surface area contributed by atoms with Gasteiger partial charge in [-0.3, -0.25) is 14.2 Å². The van der Waals surface area contributed by atoms with Gasteiger partial charge in [-0.15, -0.1) is 12.8 Å². The van der Waals surface area contributed by atoms with Crippen LogP contribution in [0.25, 0.3) is 5.69 Å². The highest BCUT2D eigenvalue weighted by molar-refractivity contribution is 7.90. The molecule has 8 heteroatoms. The molecule has 31 heavy (non-hydrogen) atoms. The number of terminal acetylenes is 1.